The van der Waals surface area contributed by atoms with E-state index in [9.17, 15) is 19.2 Å². The Labute approximate surface area is 158 Å². The smallest absolute Gasteiger partial charge is 0.329 e. The first kappa shape index (κ1) is 21.8. The Kier molecular flexibility index (Phi) is 8.64. The van der Waals surface area contributed by atoms with Crippen molar-refractivity contribution in [2.75, 3.05) is 23.7 Å². The van der Waals surface area contributed by atoms with Gasteiger partial charge in [-0.15, -0.1) is 0 Å². The second-order valence-electron chi connectivity index (χ2n) is 5.72. The summed E-state index contributed by atoms with van der Waals surface area (Å²) in [6, 6.07) is 6.77. The number of hydrogen-bond donors (Lipinski definition) is 3. The van der Waals surface area contributed by atoms with Crippen LogP contribution >= 0.6 is 0 Å². The molecule has 9 heteroatoms. The first-order chi connectivity index (χ1) is 12.8. The van der Waals surface area contributed by atoms with Gasteiger partial charge in [0.05, 0.1) is 17.8 Å². The summed E-state index contributed by atoms with van der Waals surface area (Å²) in [4.78, 5) is 48.3. The van der Waals surface area contributed by atoms with Crippen LogP contribution in [0.5, 0.6) is 0 Å². The van der Waals surface area contributed by atoms with Gasteiger partial charge in [-0.3, -0.25) is 19.2 Å². The molecule has 1 aromatic carbocycles. The number of rotatable bonds is 7. The minimum atomic E-state index is -0.852. The molecule has 0 radical (unpaired) electrons. The largest absolute Gasteiger partial charge is 0.335 e. The molecule has 0 spiro atoms. The molecule has 27 heavy (non-hydrogen) atoms. The number of nitrogens with one attached hydrogen (secondary N) is 3. The third-order valence-electron chi connectivity index (χ3n) is 3.52. The third kappa shape index (κ3) is 7.27. The molecule has 0 heterocycles. The average molecular weight is 375 g/mol. The molecule has 0 aromatic heterocycles. The summed E-state index contributed by atoms with van der Waals surface area (Å²) in [5.41, 5.74) is 3.41. The number of amides is 4. The van der Waals surface area contributed by atoms with Gasteiger partial charge >= 0.3 is 11.8 Å². The van der Waals surface area contributed by atoms with Gasteiger partial charge in [-0.25, -0.2) is 5.43 Å². The van der Waals surface area contributed by atoms with Gasteiger partial charge < -0.3 is 15.5 Å². The second kappa shape index (κ2) is 10.7. The van der Waals surface area contributed by atoms with Crippen molar-refractivity contribution in [3.63, 3.8) is 0 Å². The van der Waals surface area contributed by atoms with Gasteiger partial charge in [0.1, 0.15) is 0 Å². The molecule has 3 N–H and O–H groups in total. The summed E-state index contributed by atoms with van der Waals surface area (Å²) < 4.78 is 0. The molecule has 0 unspecified atom stereocenters. The van der Waals surface area contributed by atoms with Crippen LogP contribution in [0.3, 0.4) is 0 Å². The van der Waals surface area contributed by atoms with E-state index in [0.29, 0.717) is 30.2 Å². The Hall–Kier alpha value is -3.23. The molecule has 146 valence electrons. The normalized spacial score (nSPS) is 10.7. The maximum atomic E-state index is 12.1. The molecule has 0 aliphatic heterocycles. The van der Waals surface area contributed by atoms with Gasteiger partial charge in [-0.05, 0) is 32.9 Å². The molecular weight excluding hydrogens is 350 g/mol. The Balaban J connectivity index is 2.64. The van der Waals surface area contributed by atoms with Crippen molar-refractivity contribution < 1.29 is 19.2 Å². The topological polar surface area (TPSA) is 120 Å². The minimum absolute atomic E-state index is 0.0891. The number of likely N-dealkylation sites (N-methyl/N-ethyl adjacent to an activating group) is 1. The Morgan fingerprint density at radius 1 is 0.963 bits per heavy atom. The third-order valence-corrected chi connectivity index (χ3v) is 3.52. The van der Waals surface area contributed by atoms with Crippen molar-refractivity contribution in [2.45, 2.75) is 34.1 Å². The monoisotopic (exact) mass is 375 g/mol. The van der Waals surface area contributed by atoms with E-state index in [-0.39, 0.29) is 18.2 Å². The fourth-order valence-corrected chi connectivity index (χ4v) is 2.21. The summed E-state index contributed by atoms with van der Waals surface area (Å²) in [5, 5.41) is 9.08. The van der Waals surface area contributed by atoms with Gasteiger partial charge in [0, 0.05) is 25.7 Å². The number of nitrogens with zero attached hydrogens (tertiary/aromatic N) is 2. The van der Waals surface area contributed by atoms with Crippen molar-refractivity contribution in [1.29, 1.82) is 0 Å². The first-order valence-corrected chi connectivity index (χ1v) is 8.57. The van der Waals surface area contributed by atoms with E-state index in [2.05, 4.69) is 21.2 Å². The lowest BCUT2D eigenvalue weighted by Gasteiger charge is -2.16. The van der Waals surface area contributed by atoms with E-state index in [1.807, 2.05) is 0 Å². The van der Waals surface area contributed by atoms with E-state index in [1.165, 1.54) is 11.8 Å². The molecule has 9 nitrogen and oxygen atoms in total. The number of anilines is 2. The zero-order valence-corrected chi connectivity index (χ0v) is 16.0. The summed E-state index contributed by atoms with van der Waals surface area (Å²) in [6.07, 6.45) is -0.0891. The fraction of sp³-hybridized carbons (Fsp3) is 0.389. The minimum Gasteiger partial charge on any atom is -0.335 e. The van der Waals surface area contributed by atoms with Crippen LogP contribution in [-0.4, -0.2) is 47.3 Å². The lowest BCUT2D eigenvalue weighted by molar-refractivity contribution is -0.145. The SMILES string of the molecule is CCN(CC)C(=O)C(=O)N/N=C(/C)CC(=O)Nc1ccccc1NC(C)=O. The highest BCUT2D eigenvalue weighted by Crippen LogP contribution is 2.20. The highest BCUT2D eigenvalue weighted by Gasteiger charge is 2.18. The van der Waals surface area contributed by atoms with Crippen LogP contribution < -0.4 is 16.1 Å². The van der Waals surface area contributed by atoms with Crippen LogP contribution in [0, 0.1) is 0 Å². The Bertz CT molecular complexity index is 741. The molecule has 1 aromatic rings. The van der Waals surface area contributed by atoms with Gasteiger partial charge in [0.2, 0.25) is 11.8 Å². The van der Waals surface area contributed by atoms with Crippen LogP contribution in [-0.2, 0) is 19.2 Å². The molecule has 0 saturated carbocycles. The van der Waals surface area contributed by atoms with Crippen LogP contribution in [0.4, 0.5) is 11.4 Å². The first-order valence-electron chi connectivity index (χ1n) is 8.57. The van der Waals surface area contributed by atoms with Crippen LogP contribution in [0.15, 0.2) is 29.4 Å². The number of benzene rings is 1. The van der Waals surface area contributed by atoms with E-state index in [4.69, 9.17) is 0 Å². The number of hydrazone groups is 1. The molecule has 0 fully saturated rings. The van der Waals surface area contributed by atoms with Gasteiger partial charge in [-0.2, -0.15) is 5.10 Å². The number of carbonyl (C=O) groups is 4. The number of carbonyl (C=O) groups excluding carboxylic acids is 4. The summed E-state index contributed by atoms with van der Waals surface area (Å²) in [6.45, 7) is 7.31. The summed E-state index contributed by atoms with van der Waals surface area (Å²) in [5.74, 6) is -2.16. The quantitative estimate of drug-likeness (QED) is 0.378. The van der Waals surface area contributed by atoms with E-state index >= 15 is 0 Å². The van der Waals surface area contributed by atoms with Crippen molar-refractivity contribution in [1.82, 2.24) is 10.3 Å². The molecule has 1 rings (SSSR count). The predicted octanol–water partition coefficient (Wildman–Crippen LogP) is 1.33. The van der Waals surface area contributed by atoms with Crippen molar-refractivity contribution in [3.8, 4) is 0 Å². The standard InChI is InChI=1S/C18H25N5O4/c1-5-23(6-2)18(27)17(26)22-21-12(3)11-16(25)20-15-10-8-7-9-14(15)19-13(4)24/h7-10H,5-6,11H2,1-4H3,(H,19,24)(H,20,25)(H,22,26)/b21-12-. The zero-order valence-electron chi connectivity index (χ0n) is 16.0. The summed E-state index contributed by atoms with van der Waals surface area (Å²) >= 11 is 0. The van der Waals surface area contributed by atoms with Crippen LogP contribution in [0.1, 0.15) is 34.1 Å². The summed E-state index contributed by atoms with van der Waals surface area (Å²) in [7, 11) is 0. The predicted molar refractivity (Wildman–Crippen MR) is 103 cm³/mol. The number of hydrogen-bond acceptors (Lipinski definition) is 5. The number of para-hydroxylation sites is 2. The molecule has 0 aliphatic rings. The van der Waals surface area contributed by atoms with Gasteiger partial charge in [0.25, 0.3) is 0 Å². The molecular formula is C18H25N5O4. The van der Waals surface area contributed by atoms with Crippen molar-refractivity contribution in [3.05, 3.63) is 24.3 Å². The van der Waals surface area contributed by atoms with Crippen LogP contribution in [0.2, 0.25) is 0 Å². The second-order valence-corrected chi connectivity index (χ2v) is 5.72. The lowest BCUT2D eigenvalue weighted by atomic mass is 10.2. The zero-order chi connectivity index (χ0) is 20.4. The molecule has 0 atom stereocenters. The van der Waals surface area contributed by atoms with Crippen molar-refractivity contribution >= 4 is 40.7 Å². The average Bonchev–Trinajstić information content (AvgIpc) is 2.61. The molecule has 4 amide bonds. The molecule has 0 aliphatic carbocycles. The molecule has 0 bridgehead atoms. The Morgan fingerprint density at radius 3 is 2.04 bits per heavy atom. The highest BCUT2D eigenvalue weighted by molar-refractivity contribution is 6.35. The highest BCUT2D eigenvalue weighted by atomic mass is 16.2. The van der Waals surface area contributed by atoms with E-state index in [0.717, 1.165) is 0 Å². The lowest BCUT2D eigenvalue weighted by Crippen LogP contribution is -2.41. The van der Waals surface area contributed by atoms with Crippen molar-refractivity contribution in [2.24, 2.45) is 5.10 Å². The maximum Gasteiger partial charge on any atom is 0.329 e. The maximum absolute atomic E-state index is 12.1. The van der Waals surface area contributed by atoms with Crippen LogP contribution in [0.25, 0.3) is 0 Å². The molecule has 0 saturated heterocycles. The van der Waals surface area contributed by atoms with E-state index in [1.54, 1.807) is 45.0 Å². The van der Waals surface area contributed by atoms with E-state index < -0.39 is 11.8 Å². The van der Waals surface area contributed by atoms with Gasteiger partial charge in [-0.1, -0.05) is 12.1 Å². The Morgan fingerprint density at radius 2 is 1.52 bits per heavy atom. The van der Waals surface area contributed by atoms with Gasteiger partial charge in [0.15, 0.2) is 0 Å². The fourth-order valence-electron chi connectivity index (χ4n) is 2.21.